The average molecular weight is 487 g/mol. The van der Waals surface area contributed by atoms with Crippen LogP contribution in [-0.2, 0) is 9.84 Å². The molecule has 2 N–H and O–H groups in total. The lowest BCUT2D eigenvalue weighted by Crippen LogP contribution is -2.27. The van der Waals surface area contributed by atoms with Gasteiger partial charge in [0.15, 0.2) is 21.5 Å². The molecule has 0 aliphatic heterocycles. The Kier molecular flexibility index (Phi) is 7.61. The van der Waals surface area contributed by atoms with Gasteiger partial charge in [-0.05, 0) is 47.9 Å². The Bertz CT molecular complexity index is 1090. The molecule has 13 heteroatoms. The van der Waals surface area contributed by atoms with Gasteiger partial charge in [-0.25, -0.2) is 21.6 Å². The largest absolute Gasteiger partial charge is 0.376 e. The van der Waals surface area contributed by atoms with Gasteiger partial charge in [0, 0.05) is 18.2 Å². The van der Waals surface area contributed by atoms with E-state index >= 15 is 0 Å². The number of rotatable bonds is 8. The standard InChI is InChI=1S/C18H16ClF5N2O4S/c1-9-6-13(17(28)26-8-27)25-7-10(9)16(31(29,30)5-4-18(19,23)24)14-11(20)2-3-12(21)15(14)22/h2-3,6-7,16,27H,4-5,8H2,1H3,(H,26,28). The molecule has 31 heavy (non-hydrogen) atoms. The molecule has 0 aliphatic carbocycles. The number of hydrogen-bond acceptors (Lipinski definition) is 5. The molecule has 1 atom stereocenters. The highest BCUT2D eigenvalue weighted by molar-refractivity contribution is 7.91. The van der Waals surface area contributed by atoms with Crippen molar-refractivity contribution in [3.63, 3.8) is 0 Å². The van der Waals surface area contributed by atoms with Crippen molar-refractivity contribution in [3.05, 3.63) is 64.2 Å². The number of benzene rings is 1. The summed E-state index contributed by atoms with van der Waals surface area (Å²) in [6.07, 6.45) is -0.554. The van der Waals surface area contributed by atoms with E-state index in [1.165, 1.54) is 6.92 Å². The van der Waals surface area contributed by atoms with Crippen molar-refractivity contribution in [2.75, 3.05) is 12.5 Å². The molecule has 0 saturated carbocycles. The third-order valence-electron chi connectivity index (χ3n) is 4.28. The predicted octanol–water partition coefficient (Wildman–Crippen LogP) is 3.21. The number of halogens is 6. The van der Waals surface area contributed by atoms with E-state index in [-0.39, 0.29) is 16.8 Å². The van der Waals surface area contributed by atoms with Crippen LogP contribution in [0.25, 0.3) is 0 Å². The monoisotopic (exact) mass is 486 g/mol. The first-order valence-corrected chi connectivity index (χ1v) is 10.6. The number of aliphatic hydroxyl groups is 1. The maximum atomic E-state index is 14.5. The Hall–Kier alpha value is -2.31. The molecule has 0 spiro atoms. The fraction of sp³-hybridized carbons (Fsp3) is 0.333. The molecule has 1 aromatic heterocycles. The Morgan fingerprint density at radius 3 is 2.42 bits per heavy atom. The van der Waals surface area contributed by atoms with Gasteiger partial charge in [-0.1, -0.05) is 0 Å². The molecular weight excluding hydrogens is 471 g/mol. The minimum Gasteiger partial charge on any atom is -0.376 e. The zero-order valence-corrected chi connectivity index (χ0v) is 17.4. The number of nitrogens with one attached hydrogen (secondary N) is 1. The van der Waals surface area contributed by atoms with E-state index in [0.717, 1.165) is 12.3 Å². The summed E-state index contributed by atoms with van der Waals surface area (Å²) in [5.41, 5.74) is -1.84. The van der Waals surface area contributed by atoms with Gasteiger partial charge in [0.05, 0.1) is 5.75 Å². The Morgan fingerprint density at radius 2 is 1.87 bits per heavy atom. The van der Waals surface area contributed by atoms with Crippen molar-refractivity contribution in [1.29, 1.82) is 0 Å². The van der Waals surface area contributed by atoms with Gasteiger partial charge < -0.3 is 10.4 Å². The highest BCUT2D eigenvalue weighted by atomic mass is 35.5. The van der Waals surface area contributed by atoms with Gasteiger partial charge in [-0.2, -0.15) is 8.78 Å². The van der Waals surface area contributed by atoms with Crippen molar-refractivity contribution < 1.29 is 40.3 Å². The summed E-state index contributed by atoms with van der Waals surface area (Å²) in [5.74, 6) is -6.90. The van der Waals surface area contributed by atoms with Crippen molar-refractivity contribution >= 4 is 27.3 Å². The molecular formula is C18H16ClF5N2O4S. The first-order chi connectivity index (χ1) is 14.3. The van der Waals surface area contributed by atoms with Crippen LogP contribution in [0.2, 0.25) is 0 Å². The summed E-state index contributed by atoms with van der Waals surface area (Å²) in [6.45, 7) is 0.561. The number of aromatic nitrogens is 1. The SMILES string of the molecule is Cc1cc(C(=O)NCO)ncc1C(c1c(F)ccc(F)c1F)S(=O)(=O)CCC(F)(F)Cl. The molecule has 0 bridgehead atoms. The van der Waals surface area contributed by atoms with Crippen molar-refractivity contribution in [2.45, 2.75) is 24.0 Å². The van der Waals surface area contributed by atoms with Crippen LogP contribution in [0.5, 0.6) is 0 Å². The number of aliphatic hydroxyl groups excluding tert-OH is 1. The third-order valence-corrected chi connectivity index (χ3v) is 6.45. The molecule has 1 heterocycles. The van der Waals surface area contributed by atoms with E-state index in [9.17, 15) is 35.2 Å². The Morgan fingerprint density at radius 1 is 1.26 bits per heavy atom. The summed E-state index contributed by atoms with van der Waals surface area (Å²) in [7, 11) is -4.78. The molecule has 0 saturated heterocycles. The number of amides is 1. The number of hydrogen-bond donors (Lipinski definition) is 2. The Labute approximate surface area is 179 Å². The number of carbonyl (C=O) groups is 1. The molecule has 6 nitrogen and oxygen atoms in total. The second-order valence-corrected chi connectivity index (χ2v) is 9.22. The molecule has 2 aromatic rings. The predicted molar refractivity (Wildman–Crippen MR) is 101 cm³/mol. The summed E-state index contributed by atoms with van der Waals surface area (Å²) in [5, 5.41) is 4.63. The first-order valence-electron chi connectivity index (χ1n) is 8.55. The number of aryl methyl sites for hydroxylation is 1. The minimum atomic E-state index is -4.78. The van der Waals surface area contributed by atoms with Crippen LogP contribution in [0.15, 0.2) is 24.4 Å². The lowest BCUT2D eigenvalue weighted by molar-refractivity contribution is 0.0902. The topological polar surface area (TPSA) is 96.4 Å². The molecule has 0 fully saturated rings. The normalized spacial score (nSPS) is 13.2. The number of nitrogens with zero attached hydrogens (tertiary/aromatic N) is 1. The van der Waals surface area contributed by atoms with Crippen LogP contribution in [-0.4, -0.2) is 42.3 Å². The zero-order valence-electron chi connectivity index (χ0n) is 15.8. The molecule has 1 unspecified atom stereocenters. The molecule has 2 rings (SSSR count). The van der Waals surface area contributed by atoms with Crippen LogP contribution in [0, 0.1) is 24.4 Å². The van der Waals surface area contributed by atoms with Gasteiger partial charge in [0.25, 0.3) is 5.91 Å². The van der Waals surface area contributed by atoms with Crippen LogP contribution in [0.4, 0.5) is 22.0 Å². The maximum Gasteiger partial charge on any atom is 0.322 e. The minimum absolute atomic E-state index is 0.00707. The summed E-state index contributed by atoms with van der Waals surface area (Å²) in [4.78, 5) is 15.5. The second kappa shape index (κ2) is 9.45. The molecule has 170 valence electrons. The average Bonchev–Trinajstić information content (AvgIpc) is 2.67. The number of carbonyl (C=O) groups excluding carboxylic acids is 1. The van der Waals surface area contributed by atoms with Gasteiger partial charge in [0.1, 0.15) is 23.5 Å². The number of sulfone groups is 1. The lowest BCUT2D eigenvalue weighted by atomic mass is 10.00. The number of pyridine rings is 1. The van der Waals surface area contributed by atoms with Crippen LogP contribution < -0.4 is 5.32 Å². The van der Waals surface area contributed by atoms with Crippen LogP contribution in [0.1, 0.15) is 38.8 Å². The number of alkyl halides is 3. The summed E-state index contributed by atoms with van der Waals surface area (Å²) < 4.78 is 94.6. The van der Waals surface area contributed by atoms with E-state index in [1.807, 2.05) is 5.32 Å². The Balaban J connectivity index is 2.70. The summed E-state index contributed by atoms with van der Waals surface area (Å²) in [6, 6.07) is 2.00. The van der Waals surface area contributed by atoms with Crippen LogP contribution >= 0.6 is 11.6 Å². The van der Waals surface area contributed by atoms with Gasteiger partial charge in [-0.3, -0.25) is 9.78 Å². The highest BCUT2D eigenvalue weighted by Gasteiger charge is 2.38. The quantitative estimate of drug-likeness (QED) is 0.258. The highest BCUT2D eigenvalue weighted by Crippen LogP contribution is 2.38. The maximum absolute atomic E-state index is 14.5. The van der Waals surface area contributed by atoms with E-state index in [4.69, 9.17) is 16.7 Å². The molecule has 1 amide bonds. The molecule has 0 aliphatic rings. The summed E-state index contributed by atoms with van der Waals surface area (Å²) >= 11 is 4.76. The van der Waals surface area contributed by atoms with Crippen molar-refractivity contribution in [3.8, 4) is 0 Å². The van der Waals surface area contributed by atoms with Gasteiger partial charge >= 0.3 is 5.38 Å². The van der Waals surface area contributed by atoms with Crippen molar-refractivity contribution in [1.82, 2.24) is 10.3 Å². The first kappa shape index (κ1) is 25.0. The van der Waals surface area contributed by atoms with Crippen LogP contribution in [0.3, 0.4) is 0 Å². The van der Waals surface area contributed by atoms with E-state index in [1.54, 1.807) is 0 Å². The second-order valence-electron chi connectivity index (χ2n) is 6.46. The zero-order chi connectivity index (χ0) is 23.6. The third kappa shape index (κ3) is 5.89. The van der Waals surface area contributed by atoms with E-state index in [0.29, 0.717) is 12.1 Å². The fourth-order valence-corrected chi connectivity index (χ4v) is 5.01. The smallest absolute Gasteiger partial charge is 0.322 e. The van der Waals surface area contributed by atoms with Gasteiger partial charge in [-0.15, -0.1) is 0 Å². The fourth-order valence-electron chi connectivity index (χ4n) is 2.82. The van der Waals surface area contributed by atoms with E-state index < -0.39 is 68.3 Å². The molecule has 1 aromatic carbocycles. The van der Waals surface area contributed by atoms with Crippen molar-refractivity contribution in [2.24, 2.45) is 0 Å². The molecule has 0 radical (unpaired) electrons. The van der Waals surface area contributed by atoms with E-state index in [2.05, 4.69) is 4.98 Å². The van der Waals surface area contributed by atoms with Gasteiger partial charge in [0.2, 0.25) is 0 Å². The lowest BCUT2D eigenvalue weighted by Gasteiger charge is -2.22.